The molecule has 0 bridgehead atoms. The van der Waals surface area contributed by atoms with Crippen molar-refractivity contribution in [3.8, 4) is 51.6 Å². The van der Waals surface area contributed by atoms with Crippen molar-refractivity contribution in [3.63, 3.8) is 0 Å². The van der Waals surface area contributed by atoms with Crippen LogP contribution in [-0.4, -0.2) is 43.6 Å². The molecule has 9 heterocycles. The highest BCUT2D eigenvalue weighted by Gasteiger charge is 2.29. The van der Waals surface area contributed by atoms with Crippen molar-refractivity contribution >= 4 is 238 Å². The molecule has 0 saturated carbocycles. The largest absolute Gasteiger partial charge is 0.452 e. The third kappa shape index (κ3) is 11.1. The molecule has 0 aliphatic carbocycles. The Morgan fingerprint density at radius 1 is 0.197 bits per heavy atom. The summed E-state index contributed by atoms with van der Waals surface area (Å²) in [7, 11) is 0. The van der Waals surface area contributed by atoms with Crippen LogP contribution in [0.2, 0.25) is 0 Å². The zero-order chi connectivity index (χ0) is 86.3. The molecule has 0 aliphatic rings. The standard InChI is InChI=1S/2C40H23N3O.C40H23N3S/c1-2-13-27(14-3-1)37-36-35-29-16-8-5-11-25(29)20-23-33(35)44-39(36)42-40(41-37)43-32-22-19-24-10-4-7-15-28(24)34(32)31-21-18-26-12-6-9-17-30(26)38(31)43;1-2-13-27(14-3-1)36-39-37(35-29-16-8-5-11-25(29)20-23-33(35)44-39)42-40(41-36)43-32-22-19-24-10-4-7-15-28(24)34(32)31-21-18-26-12-6-9-17-30(26)38(31)43;1-2-13-27(14-3-1)37-36-35-29-16-8-5-11-25(29)20-23-33(35)44-39(36)42-40(41-37)43-32-22-19-24-10-4-7-15-28(24)34(32)31-21-18-26-12-6-9-17-30(26)38(31)43/h3*1-23H. The van der Waals surface area contributed by atoms with Crippen LogP contribution in [0.4, 0.5) is 0 Å². The summed E-state index contributed by atoms with van der Waals surface area (Å²) in [5, 5.41) is 33.9. The van der Waals surface area contributed by atoms with Gasteiger partial charge in [0.15, 0.2) is 5.58 Å². The molecule has 11 nitrogen and oxygen atoms in total. The lowest BCUT2D eigenvalue weighted by Gasteiger charge is -2.12. The van der Waals surface area contributed by atoms with E-state index < -0.39 is 0 Å². The minimum absolute atomic E-state index is 0.580. The quantitative estimate of drug-likeness (QED) is 0.162. The van der Waals surface area contributed by atoms with Gasteiger partial charge in [-0.15, -0.1) is 11.3 Å². The molecule has 30 aromatic rings. The number of hydrogen-bond donors (Lipinski definition) is 0. The molecule has 30 rings (SSSR count). The van der Waals surface area contributed by atoms with Gasteiger partial charge in [-0.3, -0.25) is 13.7 Å². The third-order valence-corrected chi connectivity index (χ3v) is 28.0. The van der Waals surface area contributed by atoms with E-state index in [-0.39, 0.29) is 0 Å². The third-order valence-electron chi connectivity index (χ3n) is 27.0. The van der Waals surface area contributed by atoms with Gasteiger partial charge in [-0.05, 0) is 117 Å². The fraction of sp³-hybridized carbons (Fsp3) is 0. The van der Waals surface area contributed by atoms with Crippen LogP contribution in [0.5, 0.6) is 0 Å². The second-order valence-electron chi connectivity index (χ2n) is 34.1. The maximum Gasteiger partial charge on any atom is 0.238 e. The summed E-state index contributed by atoms with van der Waals surface area (Å²) in [6.45, 7) is 0. The number of aromatic nitrogens is 9. The van der Waals surface area contributed by atoms with Crippen LogP contribution >= 0.6 is 11.3 Å². The molecular formula is C120H69N9O2S. The summed E-state index contributed by atoms with van der Waals surface area (Å²) in [5.41, 5.74) is 16.0. The van der Waals surface area contributed by atoms with Crippen molar-refractivity contribution in [2.45, 2.75) is 0 Å². The Hall–Kier alpha value is -17.6. The molecular weight excluding hydrogens is 1630 g/mol. The molecule has 132 heavy (non-hydrogen) atoms. The van der Waals surface area contributed by atoms with Gasteiger partial charge in [-0.1, -0.05) is 382 Å². The molecule has 9 aromatic heterocycles. The Morgan fingerprint density at radius 2 is 0.500 bits per heavy atom. The lowest BCUT2D eigenvalue weighted by atomic mass is 10.0. The molecule has 612 valence electrons. The Bertz CT molecular complexity index is 9760. The van der Waals surface area contributed by atoms with Crippen molar-refractivity contribution in [1.29, 1.82) is 0 Å². The summed E-state index contributed by atoms with van der Waals surface area (Å²) in [6, 6.07) is 148. The molecule has 0 unspecified atom stereocenters. The Labute approximate surface area is 755 Å². The van der Waals surface area contributed by atoms with Crippen LogP contribution in [-0.2, 0) is 0 Å². The first kappa shape index (κ1) is 73.6. The molecule has 0 N–H and O–H groups in total. The van der Waals surface area contributed by atoms with Gasteiger partial charge in [0.1, 0.15) is 27.2 Å². The summed E-state index contributed by atoms with van der Waals surface area (Å²) < 4.78 is 21.2. The minimum atomic E-state index is 0.580. The highest BCUT2D eigenvalue weighted by atomic mass is 32.1. The predicted molar refractivity (Wildman–Crippen MR) is 550 cm³/mol. The maximum atomic E-state index is 6.59. The van der Waals surface area contributed by atoms with E-state index in [0.717, 1.165) is 142 Å². The molecule has 0 fully saturated rings. The summed E-state index contributed by atoms with van der Waals surface area (Å²) >= 11 is 1.75. The number of fused-ring (bicyclic) bond motifs is 36. The topological polar surface area (TPSA) is 118 Å². The van der Waals surface area contributed by atoms with Gasteiger partial charge in [0.2, 0.25) is 23.6 Å². The molecule has 0 spiro atoms. The number of thiophene rings is 1. The molecule has 12 heteroatoms. The van der Waals surface area contributed by atoms with Crippen LogP contribution in [0, 0.1) is 0 Å². The van der Waals surface area contributed by atoms with Gasteiger partial charge in [-0.2, -0.15) is 4.98 Å². The Balaban J connectivity index is 0.0000000991. The van der Waals surface area contributed by atoms with Gasteiger partial charge < -0.3 is 8.83 Å². The average Bonchev–Trinajstić information content (AvgIpc) is 1.56. The van der Waals surface area contributed by atoms with E-state index >= 15 is 0 Å². The number of benzene rings is 21. The number of rotatable bonds is 6. The van der Waals surface area contributed by atoms with Gasteiger partial charge in [0.25, 0.3) is 0 Å². The number of nitrogens with zero attached hydrogens (tertiary/aromatic N) is 9. The lowest BCUT2D eigenvalue weighted by molar-refractivity contribution is 0.651. The predicted octanol–water partition coefficient (Wildman–Crippen LogP) is 32.3. The van der Waals surface area contributed by atoms with Crippen LogP contribution < -0.4 is 0 Å². The van der Waals surface area contributed by atoms with E-state index in [1.54, 1.807) is 11.3 Å². The van der Waals surface area contributed by atoms with E-state index in [1.807, 2.05) is 36.4 Å². The molecule has 0 saturated heterocycles. The van der Waals surface area contributed by atoms with Gasteiger partial charge in [0.05, 0.1) is 55.3 Å². The zero-order valence-electron chi connectivity index (χ0n) is 70.6. The van der Waals surface area contributed by atoms with Crippen LogP contribution in [0.1, 0.15) is 0 Å². The summed E-state index contributed by atoms with van der Waals surface area (Å²) in [4.78, 5) is 33.3. The van der Waals surface area contributed by atoms with Gasteiger partial charge >= 0.3 is 0 Å². The highest BCUT2D eigenvalue weighted by Crippen LogP contribution is 2.50. The van der Waals surface area contributed by atoms with E-state index in [9.17, 15) is 0 Å². The Morgan fingerprint density at radius 3 is 0.924 bits per heavy atom. The number of furan rings is 2. The fourth-order valence-corrected chi connectivity index (χ4v) is 22.3. The average molecular weight is 1700 g/mol. The second-order valence-corrected chi connectivity index (χ2v) is 35.2. The minimum Gasteiger partial charge on any atom is -0.452 e. The SMILES string of the molecule is c1ccc(-c2nc(-n3c4ccc5ccccc5c4c4ccc5ccccc5c43)nc3c2oc2ccc4ccccc4c23)cc1.c1ccc(-c2nc(-n3c4ccc5ccccc5c4c4ccc5ccccc5c43)nc3oc4ccc5ccccc5c4c23)cc1.c1ccc(-c2nc(-n3c4ccc5ccccc5c4c4ccc5ccccc5c43)nc3sc4ccc5ccccc5c4c23)cc1. The number of hydrogen-bond acceptors (Lipinski definition) is 9. The summed E-state index contributed by atoms with van der Waals surface area (Å²) in [6.07, 6.45) is 0. The second kappa shape index (κ2) is 29.0. The van der Waals surface area contributed by atoms with Crippen LogP contribution in [0.15, 0.2) is 427 Å². The van der Waals surface area contributed by atoms with Crippen molar-refractivity contribution in [3.05, 3.63) is 419 Å². The van der Waals surface area contributed by atoms with E-state index in [0.29, 0.717) is 29.1 Å². The van der Waals surface area contributed by atoms with Crippen molar-refractivity contribution in [2.24, 2.45) is 0 Å². The van der Waals surface area contributed by atoms with E-state index in [2.05, 4.69) is 396 Å². The normalized spacial score (nSPS) is 12.1. The van der Waals surface area contributed by atoms with Crippen LogP contribution in [0.3, 0.4) is 0 Å². The molecule has 21 aromatic carbocycles. The lowest BCUT2D eigenvalue weighted by Crippen LogP contribution is -2.03. The summed E-state index contributed by atoms with van der Waals surface area (Å²) in [5.74, 6) is 1.91. The fourth-order valence-electron chi connectivity index (χ4n) is 21.2. The van der Waals surface area contributed by atoms with Crippen molar-refractivity contribution in [1.82, 2.24) is 43.6 Å². The van der Waals surface area contributed by atoms with Crippen molar-refractivity contribution in [2.75, 3.05) is 0 Å². The van der Waals surface area contributed by atoms with Crippen LogP contribution in [0.25, 0.3) is 278 Å². The smallest absolute Gasteiger partial charge is 0.238 e. The monoisotopic (exact) mass is 1700 g/mol. The maximum absolute atomic E-state index is 6.59. The van der Waals surface area contributed by atoms with Gasteiger partial charge in [-0.25, -0.2) is 24.9 Å². The Kier molecular flexibility index (Phi) is 16.2. The first-order chi connectivity index (χ1) is 65.5. The highest BCUT2D eigenvalue weighted by molar-refractivity contribution is 7.25. The molecule has 0 atom stereocenters. The van der Waals surface area contributed by atoms with E-state index in [1.165, 1.54) is 107 Å². The van der Waals surface area contributed by atoms with E-state index in [4.69, 9.17) is 38.7 Å². The molecule has 0 radical (unpaired) electrons. The molecule has 0 amide bonds. The zero-order valence-corrected chi connectivity index (χ0v) is 71.4. The van der Waals surface area contributed by atoms with Gasteiger partial charge in [0, 0.05) is 86.0 Å². The first-order valence-corrected chi connectivity index (χ1v) is 45.4. The van der Waals surface area contributed by atoms with Crippen molar-refractivity contribution < 1.29 is 8.83 Å². The first-order valence-electron chi connectivity index (χ1n) is 44.5. The molecule has 0 aliphatic heterocycles.